The fourth-order valence-corrected chi connectivity index (χ4v) is 5.34. The minimum atomic E-state index is -3.11. The lowest BCUT2D eigenvalue weighted by molar-refractivity contribution is -0.133. The third-order valence-electron chi connectivity index (χ3n) is 5.12. The molecule has 1 heterocycles. The van der Waals surface area contributed by atoms with Crippen LogP contribution < -0.4 is 0 Å². The number of hydrogen-bond donors (Lipinski definition) is 0. The van der Waals surface area contributed by atoms with E-state index in [4.69, 9.17) is 0 Å². The molecule has 23 heavy (non-hydrogen) atoms. The van der Waals surface area contributed by atoms with E-state index in [0.717, 1.165) is 25.9 Å². The summed E-state index contributed by atoms with van der Waals surface area (Å²) < 4.78 is 23.8. The van der Waals surface area contributed by atoms with Gasteiger partial charge in [-0.1, -0.05) is 24.3 Å². The van der Waals surface area contributed by atoms with Gasteiger partial charge in [-0.05, 0) is 30.4 Å². The fourth-order valence-electron chi connectivity index (χ4n) is 3.85. The van der Waals surface area contributed by atoms with E-state index in [1.807, 2.05) is 12.1 Å². The topological polar surface area (TPSA) is 57.7 Å². The number of nitrogens with zero attached hydrogens (tertiary/aromatic N) is 2. The van der Waals surface area contributed by atoms with E-state index >= 15 is 0 Å². The number of hydrogen-bond acceptors (Lipinski definition) is 4. The second-order valence-electron chi connectivity index (χ2n) is 6.78. The molecule has 0 aromatic heterocycles. The second kappa shape index (κ2) is 6.24. The fraction of sp³-hybridized carbons (Fsp3) is 0.588. The highest BCUT2D eigenvalue weighted by Gasteiger charge is 2.39. The van der Waals surface area contributed by atoms with Crippen LogP contribution >= 0.6 is 0 Å². The molecule has 0 bridgehead atoms. The van der Waals surface area contributed by atoms with Crippen LogP contribution in [0.1, 0.15) is 30.4 Å². The molecule has 1 amide bonds. The van der Waals surface area contributed by atoms with Crippen molar-refractivity contribution in [2.75, 3.05) is 19.8 Å². The summed E-state index contributed by atoms with van der Waals surface area (Å²) in [4.78, 5) is 16.4. The van der Waals surface area contributed by atoms with Gasteiger partial charge in [0.1, 0.15) is 0 Å². The number of amides is 1. The lowest BCUT2D eigenvalue weighted by Gasteiger charge is -2.30. The van der Waals surface area contributed by atoms with E-state index in [-0.39, 0.29) is 11.9 Å². The van der Waals surface area contributed by atoms with Crippen LogP contribution in [-0.4, -0.2) is 55.3 Å². The molecule has 3 rings (SSSR count). The number of sulfone groups is 1. The van der Waals surface area contributed by atoms with Crippen molar-refractivity contribution < 1.29 is 13.2 Å². The molecule has 2 atom stereocenters. The number of benzene rings is 1. The molecule has 0 N–H and O–H groups in total. The maximum absolute atomic E-state index is 12.6. The van der Waals surface area contributed by atoms with E-state index in [2.05, 4.69) is 17.0 Å². The Balaban J connectivity index is 1.63. The first kappa shape index (κ1) is 16.5. The Hall–Kier alpha value is -1.40. The lowest BCUT2D eigenvalue weighted by atomic mass is 10.1. The number of fused-ring (bicyclic) bond motifs is 1. The van der Waals surface area contributed by atoms with E-state index in [9.17, 15) is 13.2 Å². The molecular weight excluding hydrogens is 312 g/mol. The Kier molecular flexibility index (Phi) is 4.47. The lowest BCUT2D eigenvalue weighted by Crippen LogP contribution is -2.47. The zero-order valence-electron chi connectivity index (χ0n) is 13.7. The number of carbonyl (C=O) groups excluding carboxylic acids is 1. The van der Waals surface area contributed by atoms with Crippen LogP contribution in [0.15, 0.2) is 24.3 Å². The first-order valence-corrected chi connectivity index (χ1v) is 10.1. The van der Waals surface area contributed by atoms with Crippen LogP contribution in [0.4, 0.5) is 0 Å². The molecule has 0 saturated heterocycles. The summed E-state index contributed by atoms with van der Waals surface area (Å²) in [7, 11) is -1.36. The van der Waals surface area contributed by atoms with Crippen molar-refractivity contribution in [3.05, 3.63) is 35.4 Å². The average molecular weight is 336 g/mol. The molecule has 5 nitrogen and oxygen atoms in total. The van der Waals surface area contributed by atoms with Crippen LogP contribution in [0.3, 0.4) is 0 Å². The Labute approximate surface area is 138 Å². The van der Waals surface area contributed by atoms with Crippen LogP contribution in [0.25, 0.3) is 0 Å². The van der Waals surface area contributed by atoms with E-state index < -0.39 is 15.1 Å². The normalized spacial score (nSPS) is 24.6. The zero-order valence-corrected chi connectivity index (χ0v) is 14.6. The summed E-state index contributed by atoms with van der Waals surface area (Å²) in [6, 6.07) is 8.06. The van der Waals surface area contributed by atoms with Crippen molar-refractivity contribution >= 4 is 15.7 Å². The monoisotopic (exact) mass is 336 g/mol. The van der Waals surface area contributed by atoms with Crippen molar-refractivity contribution in [3.63, 3.8) is 0 Å². The summed E-state index contributed by atoms with van der Waals surface area (Å²) in [6.45, 7) is 1.92. The summed E-state index contributed by atoms with van der Waals surface area (Å²) in [5, 5.41) is -0.410. The molecule has 1 aliphatic carbocycles. The maximum atomic E-state index is 12.6. The van der Waals surface area contributed by atoms with Gasteiger partial charge in [-0.2, -0.15) is 0 Å². The third kappa shape index (κ3) is 3.43. The van der Waals surface area contributed by atoms with Crippen LogP contribution in [0, 0.1) is 0 Å². The van der Waals surface area contributed by atoms with Gasteiger partial charge in [0.2, 0.25) is 5.91 Å². The number of carbonyl (C=O) groups is 1. The van der Waals surface area contributed by atoms with Gasteiger partial charge in [-0.25, -0.2) is 8.42 Å². The highest BCUT2D eigenvalue weighted by Crippen LogP contribution is 2.29. The van der Waals surface area contributed by atoms with Gasteiger partial charge >= 0.3 is 0 Å². The molecule has 1 aromatic carbocycles. The van der Waals surface area contributed by atoms with Gasteiger partial charge in [0, 0.05) is 32.4 Å². The predicted molar refractivity (Wildman–Crippen MR) is 89.6 cm³/mol. The standard InChI is InChI=1S/C17H24N2O3S/c1-18(15-8-5-9-16(15)23(2,21)22)17(20)12-19-10-13-6-3-4-7-14(13)11-19/h3-4,6-7,15-16H,5,8-12H2,1-2H3/t15-,16+/m1/s1. The smallest absolute Gasteiger partial charge is 0.236 e. The van der Waals surface area contributed by atoms with E-state index in [1.165, 1.54) is 17.4 Å². The SMILES string of the molecule is CN(C(=O)CN1Cc2ccccc2C1)[C@@H]1CCC[C@@H]1S(C)(=O)=O. The molecule has 1 fully saturated rings. The molecule has 0 unspecified atom stereocenters. The van der Waals surface area contributed by atoms with Gasteiger partial charge < -0.3 is 4.90 Å². The summed E-state index contributed by atoms with van der Waals surface area (Å²) in [6.07, 6.45) is 3.59. The van der Waals surface area contributed by atoms with Crippen LogP contribution in [0.5, 0.6) is 0 Å². The molecule has 6 heteroatoms. The molecule has 2 aliphatic rings. The Morgan fingerprint density at radius 1 is 1.22 bits per heavy atom. The van der Waals surface area contributed by atoms with Crippen molar-refractivity contribution in [1.82, 2.24) is 9.80 Å². The third-order valence-corrected chi connectivity index (χ3v) is 6.77. The van der Waals surface area contributed by atoms with Gasteiger partial charge in [0.15, 0.2) is 9.84 Å². The zero-order chi connectivity index (χ0) is 16.6. The molecule has 126 valence electrons. The van der Waals surface area contributed by atoms with Gasteiger partial charge in [0.25, 0.3) is 0 Å². The Bertz CT molecular complexity index is 677. The second-order valence-corrected chi connectivity index (χ2v) is 9.05. The molecule has 0 radical (unpaired) electrons. The first-order valence-electron chi connectivity index (χ1n) is 8.10. The predicted octanol–water partition coefficient (Wildman–Crippen LogP) is 1.43. The highest BCUT2D eigenvalue weighted by atomic mass is 32.2. The van der Waals surface area contributed by atoms with Crippen LogP contribution in [0.2, 0.25) is 0 Å². The van der Waals surface area contributed by atoms with E-state index in [0.29, 0.717) is 13.0 Å². The Morgan fingerprint density at radius 2 is 1.83 bits per heavy atom. The average Bonchev–Trinajstić information content (AvgIpc) is 3.11. The van der Waals surface area contributed by atoms with Crippen molar-refractivity contribution in [2.45, 2.75) is 43.6 Å². The minimum absolute atomic E-state index is 0.0124. The largest absolute Gasteiger partial charge is 0.340 e. The summed E-state index contributed by atoms with van der Waals surface area (Å²) in [5.41, 5.74) is 2.55. The molecule has 1 aromatic rings. The number of likely N-dealkylation sites (N-methyl/N-ethyl adjacent to an activating group) is 1. The van der Waals surface area contributed by atoms with Gasteiger partial charge in [0.05, 0.1) is 11.8 Å². The van der Waals surface area contributed by atoms with Gasteiger partial charge in [-0.3, -0.25) is 9.69 Å². The minimum Gasteiger partial charge on any atom is -0.340 e. The van der Waals surface area contributed by atoms with Crippen LogP contribution in [-0.2, 0) is 27.7 Å². The number of rotatable bonds is 4. The molecule has 0 spiro atoms. The molecule has 1 saturated carbocycles. The van der Waals surface area contributed by atoms with Crippen molar-refractivity contribution in [2.24, 2.45) is 0 Å². The van der Waals surface area contributed by atoms with Crippen molar-refractivity contribution in [1.29, 1.82) is 0 Å². The quantitative estimate of drug-likeness (QED) is 0.834. The van der Waals surface area contributed by atoms with E-state index in [1.54, 1.807) is 11.9 Å². The molecule has 1 aliphatic heterocycles. The maximum Gasteiger partial charge on any atom is 0.236 e. The summed E-state index contributed by atoms with van der Waals surface area (Å²) >= 11 is 0. The van der Waals surface area contributed by atoms with Crippen molar-refractivity contribution in [3.8, 4) is 0 Å². The summed E-state index contributed by atoms with van der Waals surface area (Å²) in [5.74, 6) is 0.0124. The first-order chi connectivity index (χ1) is 10.9. The molecular formula is C17H24N2O3S. The Morgan fingerprint density at radius 3 is 2.39 bits per heavy atom. The highest BCUT2D eigenvalue weighted by molar-refractivity contribution is 7.91. The van der Waals surface area contributed by atoms with Gasteiger partial charge in [-0.15, -0.1) is 0 Å².